The number of nitrogens with one attached hydrogen (secondary N) is 1. The number of hydrogen-bond acceptors (Lipinski definition) is 5. The van der Waals surface area contributed by atoms with Gasteiger partial charge < -0.3 is 9.72 Å². The Morgan fingerprint density at radius 1 is 1.21 bits per heavy atom. The van der Waals surface area contributed by atoms with E-state index in [0.717, 1.165) is 24.0 Å². The Bertz CT molecular complexity index is 1150. The number of morpholine rings is 1. The number of H-pyrrole nitrogens is 1. The van der Waals surface area contributed by atoms with Gasteiger partial charge in [-0.25, -0.2) is 13.6 Å². The van der Waals surface area contributed by atoms with Crippen LogP contribution >= 0.6 is 0 Å². The zero-order valence-electron chi connectivity index (χ0n) is 15.6. The molecule has 4 rings (SSSR count). The first-order chi connectivity index (χ1) is 13.3. The van der Waals surface area contributed by atoms with E-state index in [1.54, 1.807) is 12.1 Å². The monoisotopic (exact) mass is 401 g/mol. The number of hydrogen-bond donors (Lipinski definition) is 2. The summed E-state index contributed by atoms with van der Waals surface area (Å²) in [6.45, 7) is 4.88. The highest BCUT2D eigenvalue weighted by atomic mass is 32.2. The third-order valence-electron chi connectivity index (χ3n) is 5.35. The number of para-hydroxylation sites is 1. The normalized spacial score (nSPS) is 17.2. The van der Waals surface area contributed by atoms with Crippen molar-refractivity contribution < 1.29 is 13.2 Å². The summed E-state index contributed by atoms with van der Waals surface area (Å²) < 4.78 is 29.9. The molecule has 1 fully saturated rings. The summed E-state index contributed by atoms with van der Waals surface area (Å²) in [5.41, 5.74) is 1.72. The number of benzene rings is 2. The van der Waals surface area contributed by atoms with Gasteiger partial charge in [0, 0.05) is 30.2 Å². The molecule has 1 unspecified atom stereocenters. The first-order valence-corrected chi connectivity index (χ1v) is 10.8. The third kappa shape index (κ3) is 3.56. The number of fused-ring (bicyclic) bond motifs is 2. The summed E-state index contributed by atoms with van der Waals surface area (Å²) in [5, 5.41) is 6.28. The van der Waals surface area contributed by atoms with E-state index in [2.05, 4.69) is 9.88 Å². The molecular weight excluding hydrogens is 378 g/mol. The summed E-state index contributed by atoms with van der Waals surface area (Å²) >= 11 is 0. The standard InChI is InChI=1S/C20H23N3O4S/c1-13(23-6-8-27-9-7-23)10-15-12-18-16(19(24)20(15)28(21,25)26)11-14-4-2-3-5-17(14)22-18/h2-5,11-13,22H,6-10H2,1H3,(H2,21,25,26). The van der Waals surface area contributed by atoms with Crippen LogP contribution in [0.2, 0.25) is 0 Å². The Labute approximate surface area is 163 Å². The summed E-state index contributed by atoms with van der Waals surface area (Å²) in [6.07, 6.45) is 0.414. The Morgan fingerprint density at radius 3 is 2.64 bits per heavy atom. The quantitative estimate of drug-likeness (QED) is 0.645. The molecule has 3 N–H and O–H groups in total. The van der Waals surface area contributed by atoms with Gasteiger partial charge in [0.2, 0.25) is 15.5 Å². The predicted molar refractivity (Wildman–Crippen MR) is 108 cm³/mol. The van der Waals surface area contributed by atoms with Gasteiger partial charge in [0.25, 0.3) is 0 Å². The van der Waals surface area contributed by atoms with E-state index < -0.39 is 15.5 Å². The average Bonchev–Trinajstić information content (AvgIpc) is 2.66. The van der Waals surface area contributed by atoms with Gasteiger partial charge in [-0.15, -0.1) is 0 Å². The summed E-state index contributed by atoms with van der Waals surface area (Å²) in [7, 11) is -4.15. The lowest BCUT2D eigenvalue weighted by atomic mass is 9.98. The number of ether oxygens (including phenoxy) is 1. The van der Waals surface area contributed by atoms with Crippen molar-refractivity contribution in [1.82, 2.24) is 9.88 Å². The van der Waals surface area contributed by atoms with Crippen molar-refractivity contribution in [3.05, 3.63) is 52.2 Å². The topological polar surface area (TPSA) is 105 Å². The van der Waals surface area contributed by atoms with Crippen LogP contribution in [0.4, 0.5) is 0 Å². The first-order valence-electron chi connectivity index (χ1n) is 9.27. The smallest absolute Gasteiger partial charge is 0.242 e. The minimum absolute atomic E-state index is 0.0571. The predicted octanol–water partition coefficient (Wildman–Crippen LogP) is 1.54. The molecule has 0 saturated carbocycles. The number of nitrogens with zero attached hydrogens (tertiary/aromatic N) is 1. The van der Waals surface area contributed by atoms with Crippen LogP contribution < -0.4 is 10.6 Å². The van der Waals surface area contributed by atoms with Gasteiger partial charge >= 0.3 is 0 Å². The molecule has 148 valence electrons. The van der Waals surface area contributed by atoms with E-state index in [1.807, 2.05) is 31.2 Å². The molecule has 0 bridgehead atoms. The van der Waals surface area contributed by atoms with Gasteiger partial charge in [-0.05, 0) is 42.5 Å². The first kappa shape index (κ1) is 19.1. The van der Waals surface area contributed by atoms with Gasteiger partial charge in [-0.2, -0.15) is 0 Å². The Balaban J connectivity index is 1.87. The molecule has 0 aromatic heterocycles. The van der Waals surface area contributed by atoms with Crippen LogP contribution in [0, 0.1) is 0 Å². The second-order valence-corrected chi connectivity index (χ2v) is 8.76. The van der Waals surface area contributed by atoms with Gasteiger partial charge in [-0.1, -0.05) is 18.2 Å². The van der Waals surface area contributed by atoms with E-state index >= 15 is 0 Å². The van der Waals surface area contributed by atoms with Crippen molar-refractivity contribution in [2.24, 2.45) is 5.14 Å². The van der Waals surface area contributed by atoms with Crippen LogP contribution in [0.1, 0.15) is 12.5 Å². The minimum atomic E-state index is -4.15. The molecule has 0 spiro atoms. The average molecular weight is 401 g/mol. The van der Waals surface area contributed by atoms with Crippen molar-refractivity contribution in [1.29, 1.82) is 0 Å². The lowest BCUT2D eigenvalue weighted by Gasteiger charge is -2.32. The number of aromatic amines is 1. The molecular formula is C20H23N3O4S. The maximum absolute atomic E-state index is 13.1. The van der Waals surface area contributed by atoms with E-state index in [4.69, 9.17) is 9.88 Å². The van der Waals surface area contributed by atoms with Crippen molar-refractivity contribution >= 4 is 20.9 Å². The minimum Gasteiger partial charge on any atom is -0.379 e. The molecule has 3 aliphatic rings. The largest absolute Gasteiger partial charge is 0.379 e. The molecule has 1 aromatic rings. The SMILES string of the molecule is CC(Cc1cc2[nH]c3ccccc3cc-2c(=O)c1S(N)(=O)=O)N1CCOCC1. The maximum Gasteiger partial charge on any atom is 0.242 e. The lowest BCUT2D eigenvalue weighted by molar-refractivity contribution is 0.0202. The van der Waals surface area contributed by atoms with E-state index in [0.29, 0.717) is 36.5 Å². The molecule has 1 atom stereocenters. The zero-order chi connectivity index (χ0) is 19.9. The summed E-state index contributed by atoms with van der Waals surface area (Å²) in [4.78, 5) is 18.3. The number of pyridine rings is 1. The Hall–Kier alpha value is -2.26. The van der Waals surface area contributed by atoms with Crippen molar-refractivity contribution in [3.63, 3.8) is 0 Å². The summed E-state index contributed by atoms with van der Waals surface area (Å²) in [5.74, 6) is 0. The fourth-order valence-corrected chi connectivity index (χ4v) is 4.80. The van der Waals surface area contributed by atoms with Crippen molar-refractivity contribution in [2.75, 3.05) is 26.3 Å². The fraction of sp³-hybridized carbons (Fsp3) is 0.350. The van der Waals surface area contributed by atoms with Crippen LogP contribution in [0.3, 0.4) is 0 Å². The number of sulfonamides is 1. The lowest BCUT2D eigenvalue weighted by Crippen LogP contribution is -2.43. The molecule has 7 nitrogen and oxygen atoms in total. The second-order valence-electron chi connectivity index (χ2n) is 7.26. The molecule has 0 radical (unpaired) electrons. The van der Waals surface area contributed by atoms with Gasteiger partial charge in [-0.3, -0.25) is 9.69 Å². The molecule has 1 saturated heterocycles. The Morgan fingerprint density at radius 2 is 1.93 bits per heavy atom. The van der Waals surface area contributed by atoms with E-state index in [-0.39, 0.29) is 10.9 Å². The van der Waals surface area contributed by atoms with Crippen LogP contribution in [0.15, 0.2) is 46.1 Å². The highest BCUT2D eigenvalue weighted by Crippen LogP contribution is 2.27. The molecule has 0 amide bonds. The molecule has 2 aliphatic heterocycles. The van der Waals surface area contributed by atoms with Crippen LogP contribution in [0.25, 0.3) is 22.2 Å². The van der Waals surface area contributed by atoms with Gasteiger partial charge in [0.15, 0.2) is 0 Å². The third-order valence-corrected chi connectivity index (χ3v) is 6.37. The number of rotatable bonds is 4. The highest BCUT2D eigenvalue weighted by molar-refractivity contribution is 7.89. The number of primary sulfonamides is 1. The molecule has 28 heavy (non-hydrogen) atoms. The van der Waals surface area contributed by atoms with Crippen molar-refractivity contribution in [2.45, 2.75) is 24.3 Å². The molecule has 8 heteroatoms. The van der Waals surface area contributed by atoms with E-state index in [9.17, 15) is 13.2 Å². The van der Waals surface area contributed by atoms with Crippen LogP contribution in [-0.4, -0.2) is 50.6 Å². The van der Waals surface area contributed by atoms with Gasteiger partial charge in [0.05, 0.1) is 18.9 Å². The van der Waals surface area contributed by atoms with Gasteiger partial charge in [0.1, 0.15) is 4.90 Å². The second kappa shape index (κ2) is 7.29. The number of aromatic nitrogens is 1. The summed E-state index contributed by atoms with van der Waals surface area (Å²) in [6, 6.07) is 11.1. The van der Waals surface area contributed by atoms with E-state index in [1.165, 1.54) is 0 Å². The van der Waals surface area contributed by atoms with Crippen molar-refractivity contribution in [3.8, 4) is 11.3 Å². The Kier molecular flexibility index (Phi) is 4.96. The molecule has 2 heterocycles. The fourth-order valence-electron chi connectivity index (χ4n) is 3.92. The highest BCUT2D eigenvalue weighted by Gasteiger charge is 2.26. The maximum atomic E-state index is 13.1. The number of nitrogens with two attached hydrogens (primary N) is 1. The van der Waals surface area contributed by atoms with Crippen LogP contribution in [-0.2, 0) is 21.2 Å². The zero-order valence-corrected chi connectivity index (χ0v) is 16.5. The molecule has 1 aliphatic carbocycles. The molecule has 1 aromatic carbocycles. The van der Waals surface area contributed by atoms with Crippen LogP contribution in [0.5, 0.6) is 0 Å².